The van der Waals surface area contributed by atoms with Crippen molar-refractivity contribution in [2.24, 2.45) is 5.92 Å². The summed E-state index contributed by atoms with van der Waals surface area (Å²) in [5, 5.41) is 2.66. The number of aromatic amines is 1. The van der Waals surface area contributed by atoms with Crippen molar-refractivity contribution in [2.75, 3.05) is 0 Å². The number of rotatable bonds is 6. The van der Waals surface area contributed by atoms with Crippen LogP contribution in [-0.2, 0) is 6.54 Å². The largest absolute Gasteiger partial charge is 0.349 e. The highest BCUT2D eigenvalue weighted by Gasteiger charge is 2.19. The predicted octanol–water partition coefficient (Wildman–Crippen LogP) is 6.90. The summed E-state index contributed by atoms with van der Waals surface area (Å²) >= 11 is 0. The van der Waals surface area contributed by atoms with Gasteiger partial charge in [0.1, 0.15) is 12.1 Å². The van der Waals surface area contributed by atoms with Gasteiger partial charge < -0.3 is 4.98 Å². The molecule has 2 heteroatoms. The standard InChI is InChI=1S/C26H30N2/c1-3-11-20(12-4-1)13-5-2-10-18-28-25-17-9-6-14-21(25)19-24-26(28)22-15-7-8-16-23(22)27-24/h6-9,14-17,19-20H,1-5,10-13,18H2/p+1. The average Bonchev–Trinajstić information content (AvgIpc) is 3.12. The Balaban J connectivity index is 1.40. The third kappa shape index (κ3) is 3.41. The second kappa shape index (κ2) is 7.95. The van der Waals surface area contributed by atoms with Crippen molar-refractivity contribution in [2.45, 2.75) is 64.3 Å². The number of benzene rings is 2. The van der Waals surface area contributed by atoms with Crippen LogP contribution in [0.15, 0.2) is 54.6 Å². The molecule has 5 rings (SSSR count). The number of nitrogens with one attached hydrogen (secondary N) is 1. The number of nitrogens with zero attached hydrogens (tertiary/aromatic N) is 1. The Bertz CT molecular complexity index is 1090. The number of unbranched alkanes of at least 4 members (excludes halogenated alkanes) is 2. The lowest BCUT2D eigenvalue weighted by molar-refractivity contribution is -0.645. The van der Waals surface area contributed by atoms with E-state index in [4.69, 9.17) is 0 Å². The van der Waals surface area contributed by atoms with Gasteiger partial charge in [-0.2, -0.15) is 4.57 Å². The summed E-state index contributed by atoms with van der Waals surface area (Å²) in [6.45, 7) is 1.10. The number of hydrogen-bond acceptors (Lipinski definition) is 0. The fourth-order valence-electron chi connectivity index (χ4n) is 5.26. The van der Waals surface area contributed by atoms with E-state index >= 15 is 0 Å². The average molecular weight is 372 g/mol. The number of para-hydroxylation sites is 2. The van der Waals surface area contributed by atoms with Crippen molar-refractivity contribution < 1.29 is 4.57 Å². The maximum Gasteiger partial charge on any atom is 0.238 e. The lowest BCUT2D eigenvalue weighted by Crippen LogP contribution is -2.35. The molecule has 0 bridgehead atoms. The summed E-state index contributed by atoms with van der Waals surface area (Å²) in [4.78, 5) is 3.63. The second-order valence-electron chi connectivity index (χ2n) is 8.64. The first kappa shape index (κ1) is 17.7. The minimum atomic E-state index is 1.01. The summed E-state index contributed by atoms with van der Waals surface area (Å²) in [5.74, 6) is 1.01. The van der Waals surface area contributed by atoms with E-state index in [2.05, 4.69) is 64.1 Å². The molecule has 28 heavy (non-hydrogen) atoms. The highest BCUT2D eigenvalue weighted by atomic mass is 15.0. The summed E-state index contributed by atoms with van der Waals surface area (Å²) in [7, 11) is 0. The Morgan fingerprint density at radius 2 is 1.64 bits per heavy atom. The smallest absolute Gasteiger partial charge is 0.238 e. The molecule has 0 spiro atoms. The fraction of sp³-hybridized carbons (Fsp3) is 0.423. The molecular weight excluding hydrogens is 340 g/mol. The Labute approximate surface area is 167 Å². The van der Waals surface area contributed by atoms with Crippen LogP contribution >= 0.6 is 0 Å². The highest BCUT2D eigenvalue weighted by molar-refractivity contribution is 6.05. The Morgan fingerprint density at radius 1 is 0.821 bits per heavy atom. The van der Waals surface area contributed by atoms with Crippen LogP contribution in [0.25, 0.3) is 32.8 Å². The number of H-pyrrole nitrogens is 1. The molecule has 2 nitrogen and oxygen atoms in total. The quantitative estimate of drug-likeness (QED) is 0.281. The molecule has 2 heterocycles. The molecule has 0 radical (unpaired) electrons. The number of fused-ring (bicyclic) bond motifs is 4. The Morgan fingerprint density at radius 3 is 2.57 bits per heavy atom. The number of hydrogen-bond donors (Lipinski definition) is 1. The van der Waals surface area contributed by atoms with Crippen LogP contribution in [0, 0.1) is 5.92 Å². The molecule has 0 amide bonds. The molecule has 1 N–H and O–H groups in total. The van der Waals surface area contributed by atoms with Gasteiger partial charge in [-0.25, -0.2) is 0 Å². The summed E-state index contributed by atoms with van der Waals surface area (Å²) in [5.41, 5.74) is 5.20. The molecule has 1 saturated carbocycles. The first-order chi connectivity index (χ1) is 13.9. The third-order valence-electron chi connectivity index (χ3n) is 6.72. The zero-order chi connectivity index (χ0) is 18.8. The van der Waals surface area contributed by atoms with E-state index in [1.807, 2.05) is 0 Å². The minimum Gasteiger partial charge on any atom is -0.349 e. The molecule has 0 unspecified atom stereocenters. The first-order valence-electron chi connectivity index (χ1n) is 11.2. The summed E-state index contributed by atoms with van der Waals surface area (Å²) in [6, 6.07) is 19.8. The van der Waals surface area contributed by atoms with Gasteiger partial charge in [0.2, 0.25) is 11.0 Å². The van der Waals surface area contributed by atoms with E-state index in [-0.39, 0.29) is 0 Å². The topological polar surface area (TPSA) is 19.7 Å². The second-order valence-corrected chi connectivity index (χ2v) is 8.64. The van der Waals surface area contributed by atoms with E-state index in [1.54, 1.807) is 0 Å². The lowest BCUT2D eigenvalue weighted by Gasteiger charge is -2.21. The van der Waals surface area contributed by atoms with Gasteiger partial charge in [0.05, 0.1) is 10.9 Å². The van der Waals surface area contributed by atoms with Crippen molar-refractivity contribution in [3.8, 4) is 0 Å². The van der Waals surface area contributed by atoms with E-state index in [9.17, 15) is 0 Å². The minimum absolute atomic E-state index is 1.01. The summed E-state index contributed by atoms with van der Waals surface area (Å²) < 4.78 is 2.56. The monoisotopic (exact) mass is 371 g/mol. The zero-order valence-electron chi connectivity index (χ0n) is 16.8. The molecule has 2 aromatic carbocycles. The van der Waals surface area contributed by atoms with Crippen LogP contribution in [0.3, 0.4) is 0 Å². The molecule has 1 fully saturated rings. The molecule has 4 aromatic rings. The van der Waals surface area contributed by atoms with Gasteiger partial charge in [0.15, 0.2) is 0 Å². The van der Waals surface area contributed by atoms with E-state index in [1.165, 1.54) is 90.6 Å². The van der Waals surface area contributed by atoms with Crippen molar-refractivity contribution in [1.29, 1.82) is 0 Å². The molecule has 0 atom stereocenters. The maximum atomic E-state index is 3.63. The van der Waals surface area contributed by atoms with Crippen molar-refractivity contribution in [1.82, 2.24) is 4.98 Å². The van der Waals surface area contributed by atoms with Crippen molar-refractivity contribution in [3.63, 3.8) is 0 Å². The Hall–Kier alpha value is -2.35. The van der Waals surface area contributed by atoms with E-state index < -0.39 is 0 Å². The highest BCUT2D eigenvalue weighted by Crippen LogP contribution is 2.28. The van der Waals surface area contributed by atoms with Gasteiger partial charge in [-0.1, -0.05) is 69.2 Å². The zero-order valence-corrected chi connectivity index (χ0v) is 16.8. The van der Waals surface area contributed by atoms with Gasteiger partial charge in [-0.3, -0.25) is 0 Å². The molecule has 144 valence electrons. The number of aromatic nitrogens is 2. The molecule has 2 aromatic heterocycles. The van der Waals surface area contributed by atoms with Crippen LogP contribution in [0.5, 0.6) is 0 Å². The normalized spacial score (nSPS) is 15.7. The van der Waals surface area contributed by atoms with Crippen LogP contribution in [-0.4, -0.2) is 4.98 Å². The molecule has 1 aliphatic carbocycles. The Kier molecular flexibility index (Phi) is 5.03. The number of pyridine rings is 1. The maximum absolute atomic E-state index is 3.63. The van der Waals surface area contributed by atoms with Gasteiger partial charge in [-0.15, -0.1) is 0 Å². The molecule has 1 aliphatic rings. The van der Waals surface area contributed by atoms with Crippen molar-refractivity contribution >= 4 is 32.8 Å². The van der Waals surface area contributed by atoms with Crippen LogP contribution in [0.4, 0.5) is 0 Å². The van der Waals surface area contributed by atoms with E-state index in [0.29, 0.717) is 0 Å². The molecule has 0 saturated heterocycles. The molecule has 0 aliphatic heterocycles. The third-order valence-corrected chi connectivity index (χ3v) is 6.72. The van der Waals surface area contributed by atoms with E-state index in [0.717, 1.165) is 12.5 Å². The van der Waals surface area contributed by atoms with Crippen LogP contribution < -0.4 is 4.57 Å². The summed E-state index contributed by atoms with van der Waals surface area (Å²) in [6.07, 6.45) is 12.8. The van der Waals surface area contributed by atoms with Crippen LogP contribution in [0.1, 0.15) is 57.8 Å². The SMILES string of the molecule is c1ccc2c(c1)cc1[nH]c3ccccc3c1[n+]2CCCCCC1CCCCC1. The number of aryl methyl sites for hydroxylation is 1. The van der Waals surface area contributed by atoms with Gasteiger partial charge >= 0.3 is 0 Å². The van der Waals surface area contributed by atoms with Crippen molar-refractivity contribution in [3.05, 3.63) is 54.6 Å². The lowest BCUT2D eigenvalue weighted by atomic mass is 9.85. The van der Waals surface area contributed by atoms with Gasteiger partial charge in [0, 0.05) is 17.9 Å². The predicted molar refractivity (Wildman–Crippen MR) is 119 cm³/mol. The van der Waals surface area contributed by atoms with Crippen LogP contribution in [0.2, 0.25) is 0 Å². The van der Waals surface area contributed by atoms with Gasteiger partial charge in [-0.05, 0) is 36.6 Å². The van der Waals surface area contributed by atoms with Gasteiger partial charge in [0.25, 0.3) is 0 Å². The fourth-order valence-corrected chi connectivity index (χ4v) is 5.26. The first-order valence-corrected chi connectivity index (χ1v) is 11.2. The molecular formula is C26H31N2+.